The smallest absolute Gasteiger partial charge is 0.262 e. The highest BCUT2D eigenvalue weighted by Crippen LogP contribution is 2.23. The van der Waals surface area contributed by atoms with Gasteiger partial charge in [-0.3, -0.25) is 0 Å². The van der Waals surface area contributed by atoms with E-state index in [4.69, 9.17) is 11.6 Å². The van der Waals surface area contributed by atoms with E-state index in [0.29, 0.717) is 5.82 Å². The molecular formula is C10H18ClN3O2S. The summed E-state index contributed by atoms with van der Waals surface area (Å²) in [5.74, 6) is 0.870. The minimum atomic E-state index is -3.59. The third-order valence-electron chi connectivity index (χ3n) is 2.89. The molecule has 1 heterocycles. The molecule has 0 aliphatic rings. The second kappa shape index (κ2) is 4.59. The lowest BCUT2D eigenvalue weighted by molar-refractivity contribution is 0.295. The fourth-order valence-corrected chi connectivity index (χ4v) is 2.99. The third-order valence-corrected chi connectivity index (χ3v) is 5.49. The van der Waals surface area contributed by atoms with Crippen molar-refractivity contribution in [1.82, 2.24) is 13.9 Å². The van der Waals surface area contributed by atoms with Crippen molar-refractivity contribution < 1.29 is 8.42 Å². The molecule has 5 nitrogen and oxygen atoms in total. The summed E-state index contributed by atoms with van der Waals surface area (Å²) in [6.07, 6.45) is 1.51. The van der Waals surface area contributed by atoms with Gasteiger partial charge in [-0.1, -0.05) is 0 Å². The highest BCUT2D eigenvalue weighted by molar-refractivity contribution is 7.89. The van der Waals surface area contributed by atoms with Crippen LogP contribution in [0, 0.1) is 6.92 Å². The first-order valence-corrected chi connectivity index (χ1v) is 7.15. The highest BCUT2D eigenvalue weighted by Gasteiger charge is 2.34. The second-order valence-electron chi connectivity index (χ2n) is 4.66. The van der Waals surface area contributed by atoms with Gasteiger partial charge < -0.3 is 4.57 Å². The summed E-state index contributed by atoms with van der Waals surface area (Å²) >= 11 is 5.79. The zero-order chi connectivity index (χ0) is 13.4. The van der Waals surface area contributed by atoms with Gasteiger partial charge in [0.1, 0.15) is 5.82 Å². The number of aromatic nitrogens is 2. The van der Waals surface area contributed by atoms with E-state index < -0.39 is 15.6 Å². The number of halogens is 1. The molecule has 0 atom stereocenters. The van der Waals surface area contributed by atoms with Crippen molar-refractivity contribution in [1.29, 1.82) is 0 Å². The van der Waals surface area contributed by atoms with Gasteiger partial charge in [0, 0.05) is 31.7 Å². The van der Waals surface area contributed by atoms with Gasteiger partial charge in [-0.25, -0.2) is 13.4 Å². The predicted octanol–water partition coefficient (Wildman–Crippen LogP) is 1.37. The largest absolute Gasteiger partial charge is 0.337 e. The van der Waals surface area contributed by atoms with Crippen LogP contribution in [0.4, 0.5) is 0 Å². The Balaban J connectivity index is 3.20. The Bertz CT molecular complexity index is 488. The number of alkyl halides is 1. The Morgan fingerprint density at radius 1 is 1.53 bits per heavy atom. The van der Waals surface area contributed by atoms with Gasteiger partial charge in [0.15, 0.2) is 5.03 Å². The Labute approximate surface area is 107 Å². The first-order chi connectivity index (χ1) is 7.63. The third kappa shape index (κ3) is 2.64. The minimum Gasteiger partial charge on any atom is -0.337 e. The van der Waals surface area contributed by atoms with Gasteiger partial charge in [0.05, 0.1) is 0 Å². The maximum atomic E-state index is 12.3. The van der Waals surface area contributed by atoms with Gasteiger partial charge in [0.25, 0.3) is 10.0 Å². The molecule has 98 valence electrons. The number of rotatable bonds is 4. The predicted molar refractivity (Wildman–Crippen MR) is 67.7 cm³/mol. The average Bonchev–Trinajstić information content (AvgIpc) is 2.58. The second-order valence-corrected chi connectivity index (χ2v) is 6.84. The van der Waals surface area contributed by atoms with Crippen LogP contribution in [-0.2, 0) is 17.1 Å². The number of imidazole rings is 1. The van der Waals surface area contributed by atoms with Crippen molar-refractivity contribution >= 4 is 21.6 Å². The zero-order valence-electron chi connectivity index (χ0n) is 10.7. The van der Waals surface area contributed by atoms with Gasteiger partial charge in [-0.05, 0) is 20.8 Å². The Morgan fingerprint density at radius 2 is 2.06 bits per heavy atom. The number of nitrogens with zero attached hydrogens (tertiary/aromatic N) is 3. The van der Waals surface area contributed by atoms with Crippen molar-refractivity contribution in [3.05, 3.63) is 12.0 Å². The van der Waals surface area contributed by atoms with Crippen molar-refractivity contribution in [2.24, 2.45) is 7.05 Å². The number of sulfonamides is 1. The van der Waals surface area contributed by atoms with Crippen molar-refractivity contribution in [2.45, 2.75) is 31.3 Å². The monoisotopic (exact) mass is 279 g/mol. The summed E-state index contributed by atoms with van der Waals surface area (Å²) < 4.78 is 27.5. The molecule has 0 spiro atoms. The maximum absolute atomic E-state index is 12.3. The molecule has 1 rings (SSSR count). The molecule has 1 aromatic heterocycles. The molecule has 0 bridgehead atoms. The lowest BCUT2D eigenvalue weighted by atomic mass is 10.1. The first kappa shape index (κ1) is 14.5. The normalized spacial score (nSPS) is 13.4. The van der Waals surface area contributed by atoms with Gasteiger partial charge >= 0.3 is 0 Å². The van der Waals surface area contributed by atoms with Gasteiger partial charge in [0.2, 0.25) is 0 Å². The molecule has 7 heteroatoms. The number of aryl methyl sites for hydroxylation is 2. The van der Waals surface area contributed by atoms with Crippen molar-refractivity contribution in [3.63, 3.8) is 0 Å². The Hall–Kier alpha value is -0.590. The lowest BCUT2D eigenvalue weighted by Crippen LogP contribution is -2.46. The zero-order valence-corrected chi connectivity index (χ0v) is 12.3. The first-order valence-electron chi connectivity index (χ1n) is 5.18. The van der Waals surface area contributed by atoms with E-state index in [0.717, 1.165) is 0 Å². The molecule has 17 heavy (non-hydrogen) atoms. The van der Waals surface area contributed by atoms with Gasteiger partial charge in [-0.2, -0.15) is 4.31 Å². The van der Waals surface area contributed by atoms with E-state index in [1.807, 2.05) is 0 Å². The van der Waals surface area contributed by atoms with Crippen molar-refractivity contribution in [2.75, 3.05) is 12.9 Å². The van der Waals surface area contributed by atoms with E-state index in [-0.39, 0.29) is 10.9 Å². The Morgan fingerprint density at radius 3 is 2.41 bits per heavy atom. The van der Waals surface area contributed by atoms with Crippen LogP contribution in [0.25, 0.3) is 0 Å². The fraction of sp³-hybridized carbons (Fsp3) is 0.700. The van der Waals surface area contributed by atoms with E-state index in [2.05, 4.69) is 4.98 Å². The SMILES string of the molecule is Cc1nc(S(=O)(=O)N(C)C(C)(C)CCl)cn1C. The standard InChI is InChI=1S/C10H18ClN3O2S/c1-8-12-9(6-13(8)4)17(15,16)14(5)10(2,3)7-11/h6H,7H2,1-5H3. The molecule has 0 aliphatic carbocycles. The molecule has 0 fully saturated rings. The lowest BCUT2D eigenvalue weighted by Gasteiger charge is -2.31. The highest BCUT2D eigenvalue weighted by atomic mass is 35.5. The van der Waals surface area contributed by atoms with Gasteiger partial charge in [-0.15, -0.1) is 11.6 Å². The number of hydrogen-bond donors (Lipinski definition) is 0. The van der Waals surface area contributed by atoms with Crippen LogP contribution in [0.5, 0.6) is 0 Å². The van der Waals surface area contributed by atoms with E-state index in [1.54, 1.807) is 32.4 Å². The van der Waals surface area contributed by atoms with Crippen molar-refractivity contribution in [3.8, 4) is 0 Å². The molecular weight excluding hydrogens is 262 g/mol. The van der Waals surface area contributed by atoms with Crippen LogP contribution in [0.3, 0.4) is 0 Å². The average molecular weight is 280 g/mol. The molecule has 0 unspecified atom stereocenters. The quantitative estimate of drug-likeness (QED) is 0.782. The van der Waals surface area contributed by atoms with E-state index in [9.17, 15) is 8.42 Å². The minimum absolute atomic E-state index is 0.0539. The van der Waals surface area contributed by atoms with Crippen LogP contribution in [0.1, 0.15) is 19.7 Å². The summed E-state index contributed by atoms with van der Waals surface area (Å²) in [5, 5.41) is 0.0539. The van der Waals surface area contributed by atoms with Crippen LogP contribution in [-0.4, -0.2) is 40.7 Å². The molecule has 0 saturated heterocycles. The molecule has 0 aliphatic heterocycles. The molecule has 0 N–H and O–H groups in total. The summed E-state index contributed by atoms with van der Waals surface area (Å²) in [6, 6.07) is 0. The summed E-state index contributed by atoms with van der Waals surface area (Å²) in [4.78, 5) is 4.04. The van der Waals surface area contributed by atoms with E-state index >= 15 is 0 Å². The molecule has 0 aromatic carbocycles. The summed E-state index contributed by atoms with van der Waals surface area (Å²) in [5.41, 5.74) is -0.647. The van der Waals surface area contributed by atoms with Crippen LogP contribution in [0.15, 0.2) is 11.2 Å². The molecule has 0 saturated carbocycles. The fourth-order valence-electron chi connectivity index (χ4n) is 1.20. The number of hydrogen-bond acceptors (Lipinski definition) is 3. The Kier molecular flexibility index (Phi) is 3.91. The van der Waals surface area contributed by atoms with Crippen LogP contribution >= 0.6 is 11.6 Å². The molecule has 0 amide bonds. The maximum Gasteiger partial charge on any atom is 0.262 e. The summed E-state index contributed by atoms with van der Waals surface area (Å²) in [7, 11) is -0.320. The molecule has 0 radical (unpaired) electrons. The topological polar surface area (TPSA) is 55.2 Å². The van der Waals surface area contributed by atoms with Crippen LogP contribution in [0.2, 0.25) is 0 Å². The van der Waals surface area contributed by atoms with E-state index in [1.165, 1.54) is 17.5 Å². The summed E-state index contributed by atoms with van der Waals surface area (Å²) in [6.45, 7) is 5.30. The molecule has 1 aromatic rings. The van der Waals surface area contributed by atoms with Crippen LogP contribution < -0.4 is 0 Å².